The van der Waals surface area contributed by atoms with Crippen LogP contribution in [0.15, 0.2) is 42.6 Å². The number of hydrogen-bond acceptors (Lipinski definition) is 5. The number of anilines is 1. The fraction of sp³-hybridized carbons (Fsp3) is 0.304. The minimum absolute atomic E-state index is 0.0876. The first-order valence-corrected chi connectivity index (χ1v) is 9.93. The van der Waals surface area contributed by atoms with Gasteiger partial charge in [-0.1, -0.05) is 0 Å². The molecule has 0 aliphatic carbocycles. The molecule has 0 unspecified atom stereocenters. The second-order valence-electron chi connectivity index (χ2n) is 7.24. The Kier molecular flexibility index (Phi) is 5.70. The zero-order chi connectivity index (χ0) is 21.1. The van der Waals surface area contributed by atoms with Gasteiger partial charge in [0.1, 0.15) is 17.3 Å². The summed E-state index contributed by atoms with van der Waals surface area (Å²) in [5.41, 5.74) is 2.54. The molecule has 1 aromatic heterocycles. The van der Waals surface area contributed by atoms with Gasteiger partial charge in [0.25, 0.3) is 5.91 Å². The first-order chi connectivity index (χ1) is 14.6. The van der Waals surface area contributed by atoms with Crippen LogP contribution in [0.1, 0.15) is 28.8 Å². The van der Waals surface area contributed by atoms with Crippen LogP contribution in [-0.4, -0.2) is 43.1 Å². The van der Waals surface area contributed by atoms with E-state index >= 15 is 0 Å². The summed E-state index contributed by atoms with van der Waals surface area (Å²) in [6, 6.07) is 9.95. The van der Waals surface area contributed by atoms with E-state index in [-0.39, 0.29) is 11.7 Å². The molecule has 1 aliphatic heterocycles. The number of benzene rings is 2. The maximum Gasteiger partial charge on any atom is 0.257 e. The second-order valence-corrected chi connectivity index (χ2v) is 7.24. The average Bonchev–Trinajstić information content (AvgIpc) is 3.31. The van der Waals surface area contributed by atoms with Crippen molar-refractivity contribution in [3.05, 3.63) is 59.5 Å². The molecule has 30 heavy (non-hydrogen) atoms. The molecule has 6 nitrogen and oxygen atoms in total. The maximum atomic E-state index is 14.0. The lowest BCUT2D eigenvalue weighted by molar-refractivity contribution is 0.0793. The normalized spacial score (nSPS) is 13.5. The number of nitrogens with one attached hydrogen (secondary N) is 1. The number of fused-ring (bicyclic) bond motifs is 1. The van der Waals surface area contributed by atoms with Crippen LogP contribution in [0.3, 0.4) is 0 Å². The minimum atomic E-state index is -0.375. The number of aromatic nitrogens is 1. The summed E-state index contributed by atoms with van der Waals surface area (Å²) in [6.07, 6.45) is 3.56. The molecule has 1 fully saturated rings. The molecule has 3 aromatic rings. The van der Waals surface area contributed by atoms with Gasteiger partial charge in [0, 0.05) is 42.8 Å². The van der Waals surface area contributed by atoms with Crippen LogP contribution in [0, 0.1) is 5.82 Å². The summed E-state index contributed by atoms with van der Waals surface area (Å²) < 4.78 is 24.8. The van der Waals surface area contributed by atoms with Crippen LogP contribution in [-0.2, 0) is 6.54 Å². The number of halogens is 1. The van der Waals surface area contributed by atoms with Crippen molar-refractivity contribution in [3.8, 4) is 11.5 Å². The summed E-state index contributed by atoms with van der Waals surface area (Å²) in [7, 11) is 3.19. The standard InChI is InChI=1S/C23H24FN3O3/c1-29-17-7-5-15(21(12-17)30-2)13-26-22-18-11-16(24)6-8-20(18)25-14-19(22)23(28)27-9-3-4-10-27/h5-8,11-12,14H,3-4,9-10,13H2,1-2H3,(H,25,26). The van der Waals surface area contributed by atoms with Gasteiger partial charge in [-0.3, -0.25) is 9.78 Å². The maximum absolute atomic E-state index is 14.0. The zero-order valence-corrected chi connectivity index (χ0v) is 17.1. The highest BCUT2D eigenvalue weighted by atomic mass is 19.1. The first-order valence-electron chi connectivity index (χ1n) is 9.93. The highest BCUT2D eigenvalue weighted by molar-refractivity contribution is 6.07. The van der Waals surface area contributed by atoms with Crippen LogP contribution < -0.4 is 14.8 Å². The zero-order valence-electron chi connectivity index (χ0n) is 17.1. The van der Waals surface area contributed by atoms with E-state index in [1.165, 1.54) is 12.1 Å². The van der Waals surface area contributed by atoms with E-state index in [1.807, 2.05) is 17.0 Å². The molecule has 0 saturated carbocycles. The summed E-state index contributed by atoms with van der Waals surface area (Å²) in [4.78, 5) is 19.3. The van der Waals surface area contributed by atoms with Crippen LogP contribution in [0.2, 0.25) is 0 Å². The van der Waals surface area contributed by atoms with E-state index in [0.29, 0.717) is 40.2 Å². The van der Waals surface area contributed by atoms with E-state index in [9.17, 15) is 9.18 Å². The molecule has 1 N–H and O–H groups in total. The van der Waals surface area contributed by atoms with Crippen molar-refractivity contribution >= 4 is 22.5 Å². The molecule has 2 heterocycles. The van der Waals surface area contributed by atoms with Crippen molar-refractivity contribution in [2.75, 3.05) is 32.6 Å². The number of pyridine rings is 1. The van der Waals surface area contributed by atoms with E-state index < -0.39 is 0 Å². The predicted octanol–water partition coefficient (Wildman–Crippen LogP) is 4.24. The van der Waals surface area contributed by atoms with Gasteiger partial charge in [0.15, 0.2) is 0 Å². The van der Waals surface area contributed by atoms with Gasteiger partial charge < -0.3 is 19.7 Å². The molecule has 2 aromatic carbocycles. The van der Waals surface area contributed by atoms with Gasteiger partial charge in [-0.15, -0.1) is 0 Å². The third kappa shape index (κ3) is 3.87. The van der Waals surface area contributed by atoms with Crippen molar-refractivity contribution in [2.45, 2.75) is 19.4 Å². The van der Waals surface area contributed by atoms with E-state index in [2.05, 4.69) is 10.3 Å². The Morgan fingerprint density at radius 2 is 1.93 bits per heavy atom. The van der Waals surface area contributed by atoms with E-state index in [0.717, 1.165) is 31.5 Å². The summed E-state index contributed by atoms with van der Waals surface area (Å²) in [5.74, 6) is 0.895. The Balaban J connectivity index is 1.73. The van der Waals surface area contributed by atoms with Gasteiger partial charge in [0.2, 0.25) is 0 Å². The molecular weight excluding hydrogens is 385 g/mol. The van der Waals surface area contributed by atoms with E-state index in [4.69, 9.17) is 9.47 Å². The number of ether oxygens (including phenoxy) is 2. The summed E-state index contributed by atoms with van der Waals surface area (Å²) >= 11 is 0. The molecule has 0 radical (unpaired) electrons. The Morgan fingerprint density at radius 3 is 2.67 bits per heavy atom. The van der Waals surface area contributed by atoms with Crippen LogP contribution in [0.4, 0.5) is 10.1 Å². The van der Waals surface area contributed by atoms with Crippen molar-refractivity contribution in [2.24, 2.45) is 0 Å². The first kappa shape index (κ1) is 19.9. The average molecular weight is 409 g/mol. The van der Waals surface area contributed by atoms with Crippen molar-refractivity contribution < 1.29 is 18.7 Å². The highest BCUT2D eigenvalue weighted by Gasteiger charge is 2.24. The van der Waals surface area contributed by atoms with Crippen molar-refractivity contribution in [1.29, 1.82) is 0 Å². The molecule has 0 bridgehead atoms. The highest BCUT2D eigenvalue weighted by Crippen LogP contribution is 2.31. The third-order valence-electron chi connectivity index (χ3n) is 5.40. The smallest absolute Gasteiger partial charge is 0.257 e. The molecule has 4 rings (SSSR count). The molecular formula is C23H24FN3O3. The number of rotatable bonds is 6. The lowest BCUT2D eigenvalue weighted by Crippen LogP contribution is -2.28. The number of hydrogen-bond donors (Lipinski definition) is 1. The van der Waals surface area contributed by atoms with Gasteiger partial charge >= 0.3 is 0 Å². The van der Waals surface area contributed by atoms with Crippen molar-refractivity contribution in [3.63, 3.8) is 0 Å². The van der Waals surface area contributed by atoms with Crippen LogP contribution >= 0.6 is 0 Å². The lowest BCUT2D eigenvalue weighted by Gasteiger charge is -2.20. The monoisotopic (exact) mass is 409 g/mol. The SMILES string of the molecule is COc1ccc(CNc2c(C(=O)N3CCCC3)cnc3ccc(F)cc23)c(OC)c1. The molecule has 1 aliphatic rings. The van der Waals surface area contributed by atoms with Gasteiger partial charge in [-0.2, -0.15) is 0 Å². The molecule has 1 saturated heterocycles. The number of likely N-dealkylation sites (tertiary alicyclic amines) is 1. The Bertz CT molecular complexity index is 1080. The number of nitrogens with zero attached hydrogens (tertiary/aromatic N) is 2. The number of carbonyl (C=O) groups excluding carboxylic acids is 1. The molecule has 7 heteroatoms. The molecule has 156 valence electrons. The summed E-state index contributed by atoms with van der Waals surface area (Å²) in [6.45, 7) is 1.85. The topological polar surface area (TPSA) is 63.7 Å². The Morgan fingerprint density at radius 1 is 1.13 bits per heavy atom. The number of amides is 1. The minimum Gasteiger partial charge on any atom is -0.497 e. The molecule has 1 amide bonds. The Hall–Kier alpha value is -3.35. The Labute approximate surface area is 174 Å². The molecule has 0 spiro atoms. The lowest BCUT2D eigenvalue weighted by atomic mass is 10.1. The second kappa shape index (κ2) is 8.57. The third-order valence-corrected chi connectivity index (χ3v) is 5.40. The number of methoxy groups -OCH3 is 2. The van der Waals surface area contributed by atoms with Gasteiger partial charge in [-0.25, -0.2) is 4.39 Å². The van der Waals surface area contributed by atoms with Crippen molar-refractivity contribution in [1.82, 2.24) is 9.88 Å². The fourth-order valence-corrected chi connectivity index (χ4v) is 3.79. The quantitative estimate of drug-likeness (QED) is 0.660. The van der Waals surface area contributed by atoms with E-state index in [1.54, 1.807) is 32.5 Å². The van der Waals surface area contributed by atoms with Crippen LogP contribution in [0.5, 0.6) is 11.5 Å². The largest absolute Gasteiger partial charge is 0.497 e. The fourth-order valence-electron chi connectivity index (χ4n) is 3.79. The summed E-state index contributed by atoms with van der Waals surface area (Å²) in [5, 5.41) is 3.92. The number of carbonyl (C=O) groups is 1. The predicted molar refractivity (Wildman–Crippen MR) is 114 cm³/mol. The van der Waals surface area contributed by atoms with Crippen LogP contribution in [0.25, 0.3) is 10.9 Å². The van der Waals surface area contributed by atoms with Gasteiger partial charge in [0.05, 0.1) is 31.0 Å². The van der Waals surface area contributed by atoms with Gasteiger partial charge in [-0.05, 0) is 43.2 Å². The molecule has 0 atom stereocenters.